The van der Waals surface area contributed by atoms with Gasteiger partial charge in [-0.15, -0.1) is 0 Å². The molecule has 0 bridgehead atoms. The summed E-state index contributed by atoms with van der Waals surface area (Å²) in [7, 11) is 1.65. The summed E-state index contributed by atoms with van der Waals surface area (Å²) in [4.78, 5) is 12.3. The van der Waals surface area contributed by atoms with E-state index in [4.69, 9.17) is 4.74 Å². The fraction of sp³-hybridized carbons (Fsp3) is 0.133. The van der Waals surface area contributed by atoms with Crippen molar-refractivity contribution in [2.45, 2.75) is 6.61 Å². The molecule has 0 aliphatic heterocycles. The fourth-order valence-electron chi connectivity index (χ4n) is 2.35. The summed E-state index contributed by atoms with van der Waals surface area (Å²) in [5.74, 6) is 0.102. The molecule has 0 atom stereocenters. The van der Waals surface area contributed by atoms with E-state index < -0.39 is 0 Å². The molecule has 0 N–H and O–H groups in total. The van der Waals surface area contributed by atoms with Crippen molar-refractivity contribution in [3.63, 3.8) is 0 Å². The Morgan fingerprint density at radius 1 is 1.00 bits per heavy atom. The van der Waals surface area contributed by atoms with Gasteiger partial charge in [-0.2, -0.15) is 0 Å². The van der Waals surface area contributed by atoms with E-state index in [9.17, 15) is 4.79 Å². The number of fused-ring (bicyclic) bond motifs is 3. The zero-order valence-electron chi connectivity index (χ0n) is 9.87. The first-order valence-corrected chi connectivity index (χ1v) is 6.46. The van der Waals surface area contributed by atoms with E-state index >= 15 is 0 Å². The number of halogens is 1. The number of carbonyl (C=O) groups is 1. The van der Waals surface area contributed by atoms with Crippen LogP contribution in [0.4, 0.5) is 0 Å². The third kappa shape index (κ3) is 1.71. The van der Waals surface area contributed by atoms with Gasteiger partial charge < -0.3 is 4.74 Å². The van der Waals surface area contributed by atoms with E-state index in [0.717, 1.165) is 32.3 Å². The minimum atomic E-state index is 0.102. The first-order valence-electron chi connectivity index (χ1n) is 5.67. The number of hydrogen-bond acceptors (Lipinski definition) is 2. The zero-order valence-corrected chi connectivity index (χ0v) is 11.5. The van der Waals surface area contributed by atoms with Crippen LogP contribution in [0.3, 0.4) is 0 Å². The summed E-state index contributed by atoms with van der Waals surface area (Å²) < 4.78 is 6.09. The van der Waals surface area contributed by atoms with E-state index in [0.29, 0.717) is 6.61 Å². The summed E-state index contributed by atoms with van der Waals surface area (Å²) in [6.45, 7) is 0.528. The normalized spacial score (nSPS) is 12.4. The van der Waals surface area contributed by atoms with Crippen LogP contribution in [-0.2, 0) is 11.3 Å². The van der Waals surface area contributed by atoms with Crippen LogP contribution in [0.15, 0.2) is 40.9 Å². The van der Waals surface area contributed by atoms with Crippen molar-refractivity contribution in [2.24, 2.45) is 0 Å². The lowest BCUT2D eigenvalue weighted by molar-refractivity contribution is 0.104. The number of ketones is 1. The van der Waals surface area contributed by atoms with Gasteiger partial charge in [0, 0.05) is 22.7 Å². The maximum Gasteiger partial charge on any atom is 0.194 e. The SMILES string of the molecule is COCc1ccc2c(c1)C(=O)c1ccc(Br)cc1-2. The van der Waals surface area contributed by atoms with Crippen LogP contribution in [0.25, 0.3) is 11.1 Å². The number of hydrogen-bond donors (Lipinski definition) is 0. The summed E-state index contributed by atoms with van der Waals surface area (Å²) in [6.07, 6.45) is 0. The quantitative estimate of drug-likeness (QED) is 0.719. The number of rotatable bonds is 2. The standard InChI is InChI=1S/C15H11BrO2/c1-18-8-9-2-4-11-13-7-10(16)3-5-12(13)15(17)14(11)6-9/h2-7H,8H2,1H3. The van der Waals surface area contributed by atoms with Crippen molar-refractivity contribution in [3.8, 4) is 11.1 Å². The lowest BCUT2D eigenvalue weighted by Gasteiger charge is -2.03. The molecule has 0 spiro atoms. The Bertz CT molecular complexity index is 647. The van der Waals surface area contributed by atoms with Gasteiger partial charge in [-0.05, 0) is 41.0 Å². The number of benzene rings is 2. The molecule has 0 radical (unpaired) electrons. The smallest absolute Gasteiger partial charge is 0.194 e. The van der Waals surface area contributed by atoms with Gasteiger partial charge in [0.15, 0.2) is 5.78 Å². The summed E-state index contributed by atoms with van der Waals surface area (Å²) in [6, 6.07) is 11.7. The fourth-order valence-corrected chi connectivity index (χ4v) is 2.71. The summed E-state index contributed by atoms with van der Waals surface area (Å²) in [5.41, 5.74) is 4.60. The van der Waals surface area contributed by atoms with Gasteiger partial charge in [0.25, 0.3) is 0 Å². The number of ether oxygens (including phenoxy) is 1. The monoisotopic (exact) mass is 302 g/mol. The molecule has 0 unspecified atom stereocenters. The molecule has 0 amide bonds. The Balaban J connectivity index is 2.18. The van der Waals surface area contributed by atoms with Crippen LogP contribution >= 0.6 is 15.9 Å². The van der Waals surface area contributed by atoms with Crippen molar-refractivity contribution in [1.29, 1.82) is 0 Å². The van der Waals surface area contributed by atoms with Crippen molar-refractivity contribution < 1.29 is 9.53 Å². The highest BCUT2D eigenvalue weighted by molar-refractivity contribution is 9.10. The average Bonchev–Trinajstić information content (AvgIpc) is 2.63. The topological polar surface area (TPSA) is 26.3 Å². The van der Waals surface area contributed by atoms with Gasteiger partial charge in [-0.1, -0.05) is 28.1 Å². The Kier molecular flexibility index (Phi) is 2.80. The van der Waals surface area contributed by atoms with E-state index in [2.05, 4.69) is 15.9 Å². The van der Waals surface area contributed by atoms with Crippen molar-refractivity contribution >= 4 is 21.7 Å². The molecular weight excluding hydrogens is 292 g/mol. The third-order valence-corrected chi connectivity index (χ3v) is 3.65. The predicted octanol–water partition coefficient (Wildman–Crippen LogP) is 3.81. The first-order chi connectivity index (χ1) is 8.70. The minimum absolute atomic E-state index is 0.102. The molecule has 0 aromatic heterocycles. The van der Waals surface area contributed by atoms with Gasteiger partial charge in [-0.25, -0.2) is 0 Å². The Labute approximate surface area is 114 Å². The largest absolute Gasteiger partial charge is 0.380 e. The molecule has 2 nitrogen and oxygen atoms in total. The number of carbonyl (C=O) groups excluding carboxylic acids is 1. The highest BCUT2D eigenvalue weighted by Gasteiger charge is 2.26. The maximum absolute atomic E-state index is 12.3. The van der Waals surface area contributed by atoms with Gasteiger partial charge in [0.05, 0.1) is 6.61 Å². The second-order valence-electron chi connectivity index (χ2n) is 4.33. The molecule has 90 valence electrons. The molecular formula is C15H11BrO2. The first kappa shape index (κ1) is 11.6. The van der Waals surface area contributed by atoms with Gasteiger partial charge in [0.1, 0.15) is 0 Å². The summed E-state index contributed by atoms with van der Waals surface area (Å²) in [5, 5.41) is 0. The van der Waals surface area contributed by atoms with Crippen LogP contribution in [0.5, 0.6) is 0 Å². The predicted molar refractivity (Wildman–Crippen MR) is 73.7 cm³/mol. The van der Waals surface area contributed by atoms with Crippen LogP contribution in [0.1, 0.15) is 21.5 Å². The maximum atomic E-state index is 12.3. The molecule has 1 aliphatic carbocycles. The third-order valence-electron chi connectivity index (χ3n) is 3.16. The van der Waals surface area contributed by atoms with Gasteiger partial charge in [0.2, 0.25) is 0 Å². The Morgan fingerprint density at radius 2 is 1.78 bits per heavy atom. The molecule has 2 aromatic carbocycles. The molecule has 18 heavy (non-hydrogen) atoms. The van der Waals surface area contributed by atoms with Crippen LogP contribution in [0.2, 0.25) is 0 Å². The molecule has 0 saturated heterocycles. The zero-order chi connectivity index (χ0) is 12.7. The molecule has 0 heterocycles. The molecule has 3 rings (SSSR count). The Morgan fingerprint density at radius 3 is 2.56 bits per heavy atom. The molecule has 1 aliphatic rings. The lowest BCUT2D eigenvalue weighted by atomic mass is 10.0. The van der Waals surface area contributed by atoms with E-state index in [1.807, 2.05) is 36.4 Å². The highest BCUT2D eigenvalue weighted by Crippen LogP contribution is 2.38. The Hall–Kier alpha value is -1.45. The van der Waals surface area contributed by atoms with Crippen molar-refractivity contribution in [1.82, 2.24) is 0 Å². The average molecular weight is 303 g/mol. The molecule has 0 fully saturated rings. The van der Waals surface area contributed by atoms with E-state index in [1.165, 1.54) is 0 Å². The van der Waals surface area contributed by atoms with E-state index in [-0.39, 0.29) is 5.78 Å². The van der Waals surface area contributed by atoms with Crippen molar-refractivity contribution in [3.05, 3.63) is 57.6 Å². The van der Waals surface area contributed by atoms with Gasteiger partial charge in [-0.3, -0.25) is 4.79 Å². The minimum Gasteiger partial charge on any atom is -0.380 e. The van der Waals surface area contributed by atoms with Crippen LogP contribution < -0.4 is 0 Å². The second-order valence-corrected chi connectivity index (χ2v) is 5.25. The van der Waals surface area contributed by atoms with E-state index in [1.54, 1.807) is 7.11 Å². The molecule has 2 aromatic rings. The molecule has 0 saturated carbocycles. The second kappa shape index (κ2) is 4.34. The number of methoxy groups -OCH3 is 1. The van der Waals surface area contributed by atoms with Crippen LogP contribution in [0, 0.1) is 0 Å². The van der Waals surface area contributed by atoms with Gasteiger partial charge >= 0.3 is 0 Å². The molecule has 3 heteroatoms. The van der Waals surface area contributed by atoms with Crippen LogP contribution in [-0.4, -0.2) is 12.9 Å². The summed E-state index contributed by atoms with van der Waals surface area (Å²) >= 11 is 3.44. The van der Waals surface area contributed by atoms with Crippen molar-refractivity contribution in [2.75, 3.05) is 7.11 Å². The lowest BCUT2D eigenvalue weighted by Crippen LogP contribution is -1.96. The highest BCUT2D eigenvalue weighted by atomic mass is 79.9.